The Morgan fingerprint density at radius 3 is 2.90 bits per heavy atom. The largest absolute Gasteiger partial charge is 0.317 e. The van der Waals surface area contributed by atoms with Gasteiger partial charge in [-0.2, -0.15) is 5.10 Å². The van der Waals surface area contributed by atoms with Gasteiger partial charge in [0.15, 0.2) is 0 Å². The van der Waals surface area contributed by atoms with Gasteiger partial charge in [-0.3, -0.25) is 4.68 Å². The van der Waals surface area contributed by atoms with Crippen molar-refractivity contribution in [2.45, 2.75) is 45.1 Å². The van der Waals surface area contributed by atoms with Gasteiger partial charge >= 0.3 is 0 Å². The lowest BCUT2D eigenvalue weighted by Crippen LogP contribution is -2.28. The van der Waals surface area contributed by atoms with Gasteiger partial charge in [0, 0.05) is 30.1 Å². The summed E-state index contributed by atoms with van der Waals surface area (Å²) in [6, 6.07) is 7.14. The summed E-state index contributed by atoms with van der Waals surface area (Å²) in [5, 5.41) is 10.1. The number of nitrogens with zero attached hydrogens (tertiary/aromatic N) is 2. The van der Waals surface area contributed by atoms with Crippen molar-refractivity contribution >= 4 is 11.3 Å². The molecule has 1 unspecified atom stereocenters. The molecule has 2 aromatic heterocycles. The van der Waals surface area contributed by atoms with Gasteiger partial charge in [-0.1, -0.05) is 13.0 Å². The van der Waals surface area contributed by atoms with Crippen LogP contribution >= 0.6 is 11.3 Å². The zero-order valence-electron chi connectivity index (χ0n) is 12.7. The first-order valence-corrected chi connectivity index (χ1v) is 8.32. The monoisotopic (exact) mass is 291 g/mol. The van der Waals surface area contributed by atoms with Crippen LogP contribution in [0.25, 0.3) is 0 Å². The third-order valence-electron chi connectivity index (χ3n) is 3.81. The molecule has 0 saturated heterocycles. The minimum Gasteiger partial charge on any atom is -0.317 e. The van der Waals surface area contributed by atoms with Crippen molar-refractivity contribution < 1.29 is 0 Å². The molecular formula is C16H25N3S. The number of aromatic nitrogens is 2. The number of thiophene rings is 1. The average molecular weight is 291 g/mol. The SMILES string of the molecule is CCc1cc(CC(CCCc2cccs2)NC)n(C)n1. The molecule has 110 valence electrons. The number of nitrogens with one attached hydrogen (secondary N) is 1. The van der Waals surface area contributed by atoms with Crippen LogP contribution in [0.3, 0.4) is 0 Å². The molecule has 0 aliphatic carbocycles. The van der Waals surface area contributed by atoms with Crippen molar-refractivity contribution in [3.05, 3.63) is 39.8 Å². The van der Waals surface area contributed by atoms with Crippen molar-refractivity contribution in [1.29, 1.82) is 0 Å². The van der Waals surface area contributed by atoms with E-state index in [-0.39, 0.29) is 0 Å². The van der Waals surface area contributed by atoms with Crippen LogP contribution in [0.15, 0.2) is 23.6 Å². The summed E-state index contributed by atoms with van der Waals surface area (Å²) in [6.45, 7) is 2.16. The second kappa shape index (κ2) is 7.60. The molecule has 0 bridgehead atoms. The second-order valence-electron chi connectivity index (χ2n) is 5.27. The van der Waals surface area contributed by atoms with E-state index >= 15 is 0 Å². The third-order valence-corrected chi connectivity index (χ3v) is 4.75. The normalized spacial score (nSPS) is 12.8. The quantitative estimate of drug-likeness (QED) is 0.809. The Balaban J connectivity index is 1.83. The zero-order valence-corrected chi connectivity index (χ0v) is 13.5. The van der Waals surface area contributed by atoms with Gasteiger partial charge < -0.3 is 5.32 Å². The second-order valence-corrected chi connectivity index (χ2v) is 6.30. The van der Waals surface area contributed by atoms with Crippen LogP contribution in [0.4, 0.5) is 0 Å². The van der Waals surface area contributed by atoms with Crippen LogP contribution in [0.5, 0.6) is 0 Å². The molecule has 0 aromatic carbocycles. The maximum Gasteiger partial charge on any atom is 0.0624 e. The molecule has 0 spiro atoms. The van der Waals surface area contributed by atoms with E-state index in [0.717, 1.165) is 12.8 Å². The Morgan fingerprint density at radius 1 is 1.45 bits per heavy atom. The van der Waals surface area contributed by atoms with Crippen molar-refractivity contribution in [1.82, 2.24) is 15.1 Å². The molecule has 0 fully saturated rings. The Morgan fingerprint density at radius 2 is 2.30 bits per heavy atom. The highest BCUT2D eigenvalue weighted by atomic mass is 32.1. The molecular weight excluding hydrogens is 266 g/mol. The van der Waals surface area contributed by atoms with Gasteiger partial charge in [-0.25, -0.2) is 0 Å². The van der Waals surface area contributed by atoms with E-state index in [4.69, 9.17) is 0 Å². The summed E-state index contributed by atoms with van der Waals surface area (Å²) in [7, 11) is 4.11. The van der Waals surface area contributed by atoms with Gasteiger partial charge in [-0.15, -0.1) is 11.3 Å². The molecule has 0 radical (unpaired) electrons. The zero-order chi connectivity index (χ0) is 14.4. The van der Waals surface area contributed by atoms with Gasteiger partial charge in [-0.05, 0) is 50.2 Å². The number of hydrogen-bond acceptors (Lipinski definition) is 3. The number of aryl methyl sites for hydroxylation is 3. The van der Waals surface area contributed by atoms with E-state index in [9.17, 15) is 0 Å². The first kappa shape index (κ1) is 15.3. The van der Waals surface area contributed by atoms with E-state index in [1.165, 1.54) is 35.5 Å². The summed E-state index contributed by atoms with van der Waals surface area (Å²) >= 11 is 1.86. The maximum atomic E-state index is 4.53. The van der Waals surface area contributed by atoms with Crippen LogP contribution in [-0.2, 0) is 26.3 Å². The lowest BCUT2D eigenvalue weighted by atomic mass is 10.0. The fraction of sp³-hybridized carbons (Fsp3) is 0.562. The van der Waals surface area contributed by atoms with E-state index in [1.54, 1.807) is 0 Å². The summed E-state index contributed by atoms with van der Waals surface area (Å²) in [5.41, 5.74) is 2.52. The molecule has 0 saturated carbocycles. The van der Waals surface area contributed by atoms with Crippen molar-refractivity contribution in [2.75, 3.05) is 7.05 Å². The van der Waals surface area contributed by atoms with E-state index < -0.39 is 0 Å². The molecule has 20 heavy (non-hydrogen) atoms. The van der Waals surface area contributed by atoms with Crippen molar-refractivity contribution in [2.24, 2.45) is 7.05 Å². The highest BCUT2D eigenvalue weighted by Crippen LogP contribution is 2.15. The fourth-order valence-electron chi connectivity index (χ4n) is 2.51. The summed E-state index contributed by atoms with van der Waals surface area (Å²) in [6.07, 6.45) is 5.72. The van der Waals surface area contributed by atoms with Gasteiger partial charge in [0.2, 0.25) is 0 Å². The summed E-state index contributed by atoms with van der Waals surface area (Å²) < 4.78 is 2.03. The topological polar surface area (TPSA) is 29.9 Å². The molecule has 1 atom stereocenters. The molecule has 0 amide bonds. The first-order valence-electron chi connectivity index (χ1n) is 7.44. The van der Waals surface area contributed by atoms with E-state index in [1.807, 2.05) is 23.1 Å². The maximum absolute atomic E-state index is 4.53. The number of rotatable bonds is 8. The van der Waals surface area contributed by atoms with E-state index in [0.29, 0.717) is 6.04 Å². The molecule has 0 aliphatic rings. The fourth-order valence-corrected chi connectivity index (χ4v) is 3.26. The highest BCUT2D eigenvalue weighted by Gasteiger charge is 2.11. The number of hydrogen-bond donors (Lipinski definition) is 1. The molecule has 1 N–H and O–H groups in total. The Kier molecular flexibility index (Phi) is 5.80. The summed E-state index contributed by atoms with van der Waals surface area (Å²) in [4.78, 5) is 1.49. The highest BCUT2D eigenvalue weighted by molar-refractivity contribution is 7.09. The molecule has 4 heteroatoms. The van der Waals surface area contributed by atoms with Crippen molar-refractivity contribution in [3.8, 4) is 0 Å². The lowest BCUT2D eigenvalue weighted by Gasteiger charge is -2.15. The van der Waals surface area contributed by atoms with Crippen LogP contribution < -0.4 is 5.32 Å². The molecule has 0 aliphatic heterocycles. The average Bonchev–Trinajstić information content (AvgIpc) is 3.08. The Hall–Kier alpha value is -1.13. The number of likely N-dealkylation sites (N-methyl/N-ethyl adjacent to an activating group) is 1. The van der Waals surface area contributed by atoms with E-state index in [2.05, 4.69) is 48.0 Å². The Bertz CT molecular complexity index is 502. The third kappa shape index (κ3) is 4.18. The minimum atomic E-state index is 0.537. The molecule has 3 nitrogen and oxygen atoms in total. The summed E-state index contributed by atoms with van der Waals surface area (Å²) in [5.74, 6) is 0. The van der Waals surface area contributed by atoms with Crippen molar-refractivity contribution in [3.63, 3.8) is 0 Å². The van der Waals surface area contributed by atoms with Gasteiger partial charge in [0.25, 0.3) is 0 Å². The molecule has 2 heterocycles. The van der Waals surface area contributed by atoms with Crippen LogP contribution in [0.2, 0.25) is 0 Å². The standard InChI is InChI=1S/C16H25N3S/c1-4-13-11-15(19(3)18-13)12-14(17-2)7-5-8-16-9-6-10-20-16/h6,9-11,14,17H,4-5,7-8,12H2,1-3H3. The van der Waals surface area contributed by atoms with Crippen LogP contribution in [0.1, 0.15) is 36.0 Å². The lowest BCUT2D eigenvalue weighted by molar-refractivity contribution is 0.488. The Labute approximate surface area is 126 Å². The van der Waals surface area contributed by atoms with Crippen LogP contribution in [0, 0.1) is 0 Å². The van der Waals surface area contributed by atoms with Crippen LogP contribution in [-0.4, -0.2) is 22.9 Å². The predicted molar refractivity (Wildman–Crippen MR) is 86.4 cm³/mol. The smallest absolute Gasteiger partial charge is 0.0624 e. The first-order chi connectivity index (χ1) is 9.72. The predicted octanol–water partition coefficient (Wildman–Crippen LogP) is 3.20. The molecule has 2 aromatic rings. The minimum absolute atomic E-state index is 0.537. The van der Waals surface area contributed by atoms with Gasteiger partial charge in [0.1, 0.15) is 0 Å². The van der Waals surface area contributed by atoms with Gasteiger partial charge in [0.05, 0.1) is 5.69 Å². The molecule has 2 rings (SSSR count).